The number of fused-ring (bicyclic) bond motifs is 21. The lowest BCUT2D eigenvalue weighted by atomic mass is 9.98. The molecule has 12 aromatic heterocycles. The summed E-state index contributed by atoms with van der Waals surface area (Å²) in [6.45, 7) is 0. The Hall–Kier alpha value is -18.0. The van der Waals surface area contributed by atoms with Crippen molar-refractivity contribution in [2.45, 2.75) is 0 Å². The summed E-state index contributed by atoms with van der Waals surface area (Å²) in [4.78, 5) is 39.0. The van der Waals surface area contributed by atoms with Crippen LogP contribution in [-0.2, 0) is 0 Å². The van der Waals surface area contributed by atoms with E-state index in [0.717, 1.165) is 178 Å². The van der Waals surface area contributed by atoms with Crippen LogP contribution in [0, 0.1) is 0 Å². The molecule has 0 fully saturated rings. The van der Waals surface area contributed by atoms with Gasteiger partial charge in [-0.1, -0.05) is 291 Å². The first-order chi connectivity index (χ1) is 71.3. The Morgan fingerprint density at radius 3 is 0.681 bits per heavy atom. The second kappa shape index (κ2) is 35.1. The van der Waals surface area contributed by atoms with Gasteiger partial charge in [0, 0.05) is 219 Å². The Kier molecular flexibility index (Phi) is 20.5. The molecule has 0 atom stereocenters. The number of benzene rings is 18. The molecule has 0 saturated carbocycles. The molecule has 0 radical (unpaired) electrons. The van der Waals surface area contributed by atoms with Crippen molar-refractivity contribution in [3.63, 3.8) is 0 Å². The maximum atomic E-state index is 6.26. The molecule has 144 heavy (non-hydrogen) atoms. The summed E-state index contributed by atoms with van der Waals surface area (Å²) in [5, 5.41) is 21.8. The smallest absolute Gasteiger partial charge is 0.160 e. The van der Waals surface area contributed by atoms with Crippen molar-refractivity contribution in [3.8, 4) is 135 Å². The zero-order valence-corrected chi connectivity index (χ0v) is 80.2. The molecular formula is C130H76N8O2S4. The Balaban J connectivity index is 0.000000105. The minimum absolute atomic E-state index is 0.742. The van der Waals surface area contributed by atoms with E-state index in [0.29, 0.717) is 0 Å². The van der Waals surface area contributed by atoms with Gasteiger partial charge in [0.05, 0.1) is 22.8 Å². The van der Waals surface area contributed by atoms with E-state index >= 15 is 0 Å². The lowest BCUT2D eigenvalue weighted by Gasteiger charge is -2.09. The van der Waals surface area contributed by atoms with E-state index < -0.39 is 0 Å². The van der Waals surface area contributed by atoms with Crippen LogP contribution in [0.3, 0.4) is 0 Å². The molecule has 30 aromatic rings. The van der Waals surface area contributed by atoms with Crippen LogP contribution in [0.2, 0.25) is 0 Å². The van der Waals surface area contributed by atoms with Gasteiger partial charge in [-0.15, -0.1) is 45.3 Å². The van der Waals surface area contributed by atoms with Crippen LogP contribution in [0.25, 0.3) is 291 Å². The number of hydrogen-bond donors (Lipinski definition) is 0. The maximum Gasteiger partial charge on any atom is 0.160 e. The largest absolute Gasteiger partial charge is 0.455 e. The van der Waals surface area contributed by atoms with Crippen molar-refractivity contribution in [2.24, 2.45) is 0 Å². The van der Waals surface area contributed by atoms with Gasteiger partial charge >= 0.3 is 0 Å². The van der Waals surface area contributed by atoms with E-state index in [1.54, 1.807) is 22.7 Å². The highest BCUT2D eigenvalue weighted by Gasteiger charge is 2.22. The summed E-state index contributed by atoms with van der Waals surface area (Å²) in [7, 11) is 0. The van der Waals surface area contributed by atoms with Crippen LogP contribution >= 0.6 is 45.3 Å². The molecule has 10 nitrogen and oxygen atoms in total. The number of hydrogen-bond acceptors (Lipinski definition) is 14. The van der Waals surface area contributed by atoms with Gasteiger partial charge in [0.15, 0.2) is 11.6 Å². The van der Waals surface area contributed by atoms with Gasteiger partial charge in [-0.2, -0.15) is 0 Å². The topological polar surface area (TPSA) is 129 Å². The third-order valence-corrected chi connectivity index (χ3v) is 32.8. The summed E-state index contributed by atoms with van der Waals surface area (Å²) in [5.74, 6) is 1.48. The summed E-state index contributed by atoms with van der Waals surface area (Å²) < 4.78 is 22.7. The molecule has 0 unspecified atom stereocenters. The van der Waals surface area contributed by atoms with Gasteiger partial charge in [-0.05, 0) is 187 Å². The van der Waals surface area contributed by atoms with E-state index in [9.17, 15) is 0 Å². The fraction of sp³-hybridized carbons (Fsp3) is 0. The molecule has 12 heterocycles. The standard InChI is InChI=1S/C44H26N2O2.C44H26N2S2.C42H24N4S2/c2*1-3-13-41-33(7-1)35-9-5-11-37(43(35)47-41)39-21-19-30(25-45-39)28-17-15-27-16-18-29(24-32(27)23-28)31-20-22-40(46-26-31)38-12-6-10-36-34-8-2-4-14-42(34)48-44(36)38;1-3-13-37-31(7-1)33-9-5-11-35(39(33)47-37)41-43-21-29(22-44-41)26-17-15-25-16-18-27(20-28(25)19-26)30-23-45-42(46-24-30)36-12-6-10-34-32-8-2-4-14-38(32)48-40(34)36/h2*1-26H;1-24H. The first kappa shape index (κ1) is 84.1. The number of furan rings is 2. The van der Waals surface area contributed by atoms with E-state index in [2.05, 4.69) is 376 Å². The molecule has 0 N–H and O–H groups in total. The van der Waals surface area contributed by atoms with Crippen LogP contribution in [0.5, 0.6) is 0 Å². The highest BCUT2D eigenvalue weighted by atomic mass is 32.1. The summed E-state index contributed by atoms with van der Waals surface area (Å²) in [6.07, 6.45) is 15.7. The second-order valence-corrected chi connectivity index (χ2v) is 40.5. The normalized spacial score (nSPS) is 11.8. The predicted molar refractivity (Wildman–Crippen MR) is 606 cm³/mol. The molecule has 0 aliphatic rings. The van der Waals surface area contributed by atoms with E-state index in [1.165, 1.54) is 113 Å². The lowest BCUT2D eigenvalue weighted by Crippen LogP contribution is -1.91. The van der Waals surface area contributed by atoms with Crippen LogP contribution in [0.15, 0.2) is 471 Å². The first-order valence-corrected chi connectivity index (χ1v) is 51.1. The molecule has 0 amide bonds. The monoisotopic (exact) mass is 1910 g/mol. The molecular weight excluding hydrogens is 1830 g/mol. The Morgan fingerprint density at radius 2 is 0.382 bits per heavy atom. The third kappa shape index (κ3) is 15.0. The maximum absolute atomic E-state index is 6.26. The number of nitrogens with zero attached hydrogens (tertiary/aromatic N) is 8. The fourth-order valence-electron chi connectivity index (χ4n) is 20.6. The van der Waals surface area contributed by atoms with Gasteiger partial charge in [-0.3, -0.25) is 19.9 Å². The van der Waals surface area contributed by atoms with Crippen LogP contribution in [0.1, 0.15) is 0 Å². The molecule has 0 bridgehead atoms. The number of para-hydroxylation sites is 4. The summed E-state index contributed by atoms with van der Waals surface area (Å²) in [5.41, 5.74) is 26.8. The minimum atomic E-state index is 0.742. The second-order valence-electron chi connectivity index (χ2n) is 36.3. The van der Waals surface area contributed by atoms with E-state index in [1.807, 2.05) is 109 Å². The Labute approximate surface area is 840 Å². The van der Waals surface area contributed by atoms with E-state index in [4.69, 9.17) is 48.7 Å². The highest BCUT2D eigenvalue weighted by molar-refractivity contribution is 7.27. The quantitative estimate of drug-likeness (QED) is 0.117. The van der Waals surface area contributed by atoms with Gasteiger partial charge in [0.1, 0.15) is 22.3 Å². The number of rotatable bonds is 12. The van der Waals surface area contributed by atoms with Crippen molar-refractivity contribution in [1.82, 2.24) is 39.9 Å². The Bertz CT molecular complexity index is 8850. The molecule has 0 aliphatic carbocycles. The average molecular weight is 1910 g/mol. The van der Waals surface area contributed by atoms with Crippen molar-refractivity contribution < 1.29 is 8.83 Å². The average Bonchev–Trinajstić information content (AvgIpc) is 1.50. The zero-order chi connectivity index (χ0) is 94.8. The summed E-state index contributed by atoms with van der Waals surface area (Å²) >= 11 is 7.28. The van der Waals surface area contributed by atoms with Crippen molar-refractivity contribution in [1.29, 1.82) is 0 Å². The van der Waals surface area contributed by atoms with Crippen molar-refractivity contribution in [2.75, 3.05) is 0 Å². The fourth-order valence-corrected chi connectivity index (χ4v) is 25.5. The number of pyridine rings is 4. The number of aromatic nitrogens is 8. The van der Waals surface area contributed by atoms with Crippen molar-refractivity contribution >= 4 is 202 Å². The molecule has 0 saturated heterocycles. The van der Waals surface area contributed by atoms with Crippen LogP contribution in [0.4, 0.5) is 0 Å². The molecule has 30 rings (SSSR count). The predicted octanol–water partition coefficient (Wildman–Crippen LogP) is 37.0. The molecule has 14 heteroatoms. The number of thiophene rings is 4. The molecule has 0 spiro atoms. The highest BCUT2D eigenvalue weighted by Crippen LogP contribution is 2.48. The first-order valence-electron chi connectivity index (χ1n) is 47.9. The van der Waals surface area contributed by atoms with Gasteiger partial charge < -0.3 is 8.83 Å². The molecule has 18 aromatic carbocycles. The molecule has 672 valence electrons. The Morgan fingerprint density at radius 1 is 0.153 bits per heavy atom. The SMILES string of the molecule is c1ccc2c(c1)oc1c(-c3ccc(-c4ccc5ccc(-c6ccc(-c7cccc8c7oc7ccccc78)nc6)cc5c4)cn3)cccc12.c1ccc2c(c1)sc1c(-c3ccc(-c4ccc5ccc(-c6ccc(-c7cccc8c7sc7ccccc78)nc6)cc5c4)cn3)cccc12.c1ccc2c(c1)sc1c(-c3ncc(-c4ccc5ccc(-c6cnc(-c7cccc8c7sc7ccccc78)nc6)cc5c4)cn3)cccc12. The van der Waals surface area contributed by atoms with Gasteiger partial charge in [0.2, 0.25) is 0 Å². The van der Waals surface area contributed by atoms with Gasteiger partial charge in [0.25, 0.3) is 0 Å². The van der Waals surface area contributed by atoms with Crippen LogP contribution < -0.4 is 0 Å². The minimum Gasteiger partial charge on any atom is -0.455 e. The lowest BCUT2D eigenvalue weighted by molar-refractivity contribution is 0.669. The van der Waals surface area contributed by atoms with E-state index in [-0.39, 0.29) is 0 Å². The zero-order valence-electron chi connectivity index (χ0n) is 76.9. The summed E-state index contributed by atoms with van der Waals surface area (Å²) in [6, 6.07) is 146. The third-order valence-electron chi connectivity index (χ3n) is 27.9. The van der Waals surface area contributed by atoms with Gasteiger partial charge in [-0.25, -0.2) is 19.9 Å². The van der Waals surface area contributed by atoms with Crippen molar-refractivity contribution in [3.05, 3.63) is 462 Å². The molecule has 0 aliphatic heterocycles. The van der Waals surface area contributed by atoms with Crippen LogP contribution in [-0.4, -0.2) is 39.9 Å².